The van der Waals surface area contributed by atoms with E-state index < -0.39 is 11.7 Å². The van der Waals surface area contributed by atoms with Crippen LogP contribution in [0.25, 0.3) is 0 Å². The van der Waals surface area contributed by atoms with Gasteiger partial charge in [-0.2, -0.15) is 18.3 Å². The minimum absolute atomic E-state index is 0.254. The molecule has 1 N–H and O–H groups in total. The van der Waals surface area contributed by atoms with E-state index in [1.165, 1.54) is 6.07 Å². The summed E-state index contributed by atoms with van der Waals surface area (Å²) in [6.45, 7) is 3.93. The monoisotopic (exact) mass is 293 g/mol. The summed E-state index contributed by atoms with van der Waals surface area (Å²) >= 11 is 0. The van der Waals surface area contributed by atoms with Crippen molar-refractivity contribution in [2.45, 2.75) is 20.0 Å². The molecule has 2 rings (SSSR count). The summed E-state index contributed by atoms with van der Waals surface area (Å²) in [5.74, 6) is 0.254. The number of hydrazone groups is 1. The number of nitrogens with zero attached hydrogens (tertiary/aromatic N) is 2. The Morgan fingerprint density at radius 2 is 1.90 bits per heavy atom. The normalized spacial score (nSPS) is 11.9. The number of hydrogen-bond acceptors (Lipinski definition) is 3. The molecule has 0 aliphatic carbocycles. The second-order valence-electron chi connectivity index (χ2n) is 4.66. The van der Waals surface area contributed by atoms with Crippen LogP contribution in [-0.2, 0) is 6.18 Å². The minimum Gasteiger partial charge on any atom is -0.261 e. The molecule has 0 aliphatic rings. The number of alkyl halides is 3. The molecule has 2 aromatic rings. The van der Waals surface area contributed by atoms with Crippen molar-refractivity contribution in [3.05, 3.63) is 58.8 Å². The van der Waals surface area contributed by atoms with Gasteiger partial charge in [0, 0.05) is 6.20 Å². The van der Waals surface area contributed by atoms with Crippen molar-refractivity contribution < 1.29 is 13.2 Å². The lowest BCUT2D eigenvalue weighted by Crippen LogP contribution is -2.05. The fourth-order valence-corrected chi connectivity index (χ4v) is 1.69. The Morgan fingerprint density at radius 3 is 2.52 bits per heavy atom. The van der Waals surface area contributed by atoms with Gasteiger partial charge in [0.05, 0.1) is 11.8 Å². The average molecular weight is 293 g/mol. The summed E-state index contributed by atoms with van der Waals surface area (Å²) in [5, 5.41) is 3.99. The number of halogens is 3. The Hall–Kier alpha value is -2.37. The van der Waals surface area contributed by atoms with Crippen LogP contribution in [0.5, 0.6) is 0 Å². The van der Waals surface area contributed by atoms with E-state index in [2.05, 4.69) is 15.5 Å². The highest BCUT2D eigenvalue weighted by Crippen LogP contribution is 2.28. The summed E-state index contributed by atoms with van der Waals surface area (Å²) in [5.41, 5.74) is 4.93. The second-order valence-corrected chi connectivity index (χ2v) is 4.66. The predicted octanol–water partition coefficient (Wildman–Crippen LogP) is 4.16. The van der Waals surface area contributed by atoms with Gasteiger partial charge in [0.15, 0.2) is 0 Å². The highest BCUT2D eigenvalue weighted by molar-refractivity contribution is 5.82. The van der Waals surface area contributed by atoms with Crippen LogP contribution in [0, 0.1) is 13.8 Å². The van der Waals surface area contributed by atoms with Crippen molar-refractivity contribution in [3.8, 4) is 0 Å². The molecule has 0 unspecified atom stereocenters. The molecule has 0 amide bonds. The molecule has 0 bridgehead atoms. The smallest absolute Gasteiger partial charge is 0.261 e. The number of rotatable bonds is 3. The van der Waals surface area contributed by atoms with Crippen molar-refractivity contribution in [1.82, 2.24) is 4.98 Å². The number of anilines is 1. The molecule has 0 fully saturated rings. The standard InChI is InChI=1S/C15H14F3N3/c1-10-3-4-11(2)12(7-10)8-20-21-14-6-5-13(9-19-14)15(16,17)18/h3-9H,1-2H3,(H,19,21)/b20-8+. The minimum atomic E-state index is -4.38. The van der Waals surface area contributed by atoms with E-state index in [9.17, 15) is 13.2 Å². The second kappa shape index (κ2) is 5.95. The first-order valence-corrected chi connectivity index (χ1v) is 6.26. The van der Waals surface area contributed by atoms with E-state index in [0.717, 1.165) is 29.0 Å². The van der Waals surface area contributed by atoms with Gasteiger partial charge < -0.3 is 0 Å². The zero-order valence-electron chi connectivity index (χ0n) is 11.6. The number of pyridine rings is 1. The lowest BCUT2D eigenvalue weighted by Gasteiger charge is -2.06. The number of aromatic nitrogens is 1. The van der Waals surface area contributed by atoms with Crippen molar-refractivity contribution in [2.24, 2.45) is 5.10 Å². The van der Waals surface area contributed by atoms with Crippen LogP contribution in [0.1, 0.15) is 22.3 Å². The van der Waals surface area contributed by atoms with E-state index in [0.29, 0.717) is 0 Å². The molecule has 0 radical (unpaired) electrons. The van der Waals surface area contributed by atoms with E-state index in [1.807, 2.05) is 32.0 Å². The molecule has 0 aliphatic heterocycles. The molecule has 0 atom stereocenters. The Kier molecular flexibility index (Phi) is 4.26. The summed E-state index contributed by atoms with van der Waals surface area (Å²) in [7, 11) is 0. The van der Waals surface area contributed by atoms with Gasteiger partial charge in [-0.3, -0.25) is 5.43 Å². The highest BCUT2D eigenvalue weighted by atomic mass is 19.4. The maximum absolute atomic E-state index is 12.4. The van der Waals surface area contributed by atoms with Gasteiger partial charge in [0.25, 0.3) is 0 Å². The molecule has 1 aromatic carbocycles. The fourth-order valence-electron chi connectivity index (χ4n) is 1.69. The lowest BCUT2D eigenvalue weighted by molar-refractivity contribution is -0.137. The van der Waals surface area contributed by atoms with E-state index in [4.69, 9.17) is 0 Å². The summed E-state index contributed by atoms with van der Waals surface area (Å²) in [6.07, 6.45) is -2.00. The summed E-state index contributed by atoms with van der Waals surface area (Å²) in [4.78, 5) is 3.67. The maximum atomic E-state index is 12.4. The van der Waals surface area contributed by atoms with Crippen molar-refractivity contribution in [1.29, 1.82) is 0 Å². The van der Waals surface area contributed by atoms with Gasteiger partial charge in [-0.25, -0.2) is 4.98 Å². The Labute approximate surface area is 120 Å². The van der Waals surface area contributed by atoms with Crippen LogP contribution >= 0.6 is 0 Å². The summed E-state index contributed by atoms with van der Waals surface area (Å²) in [6, 6.07) is 8.15. The van der Waals surface area contributed by atoms with Crippen molar-refractivity contribution in [3.63, 3.8) is 0 Å². The molecule has 21 heavy (non-hydrogen) atoms. The van der Waals surface area contributed by atoms with Crippen LogP contribution < -0.4 is 5.43 Å². The average Bonchev–Trinajstić information content (AvgIpc) is 2.42. The Morgan fingerprint density at radius 1 is 1.14 bits per heavy atom. The molecule has 0 saturated heterocycles. The lowest BCUT2D eigenvalue weighted by atomic mass is 10.1. The first kappa shape index (κ1) is 15.0. The molecular formula is C15H14F3N3. The molecule has 1 heterocycles. The largest absolute Gasteiger partial charge is 0.417 e. The third-order valence-electron chi connectivity index (χ3n) is 2.91. The maximum Gasteiger partial charge on any atom is 0.417 e. The van der Waals surface area contributed by atoms with Gasteiger partial charge in [-0.05, 0) is 37.1 Å². The molecule has 0 saturated carbocycles. The topological polar surface area (TPSA) is 37.3 Å². The van der Waals surface area contributed by atoms with Crippen LogP contribution in [-0.4, -0.2) is 11.2 Å². The van der Waals surface area contributed by atoms with Gasteiger partial charge in [-0.15, -0.1) is 0 Å². The Balaban J connectivity index is 2.06. The van der Waals surface area contributed by atoms with Crippen molar-refractivity contribution >= 4 is 12.0 Å². The molecule has 0 spiro atoms. The predicted molar refractivity (Wildman–Crippen MR) is 76.4 cm³/mol. The third-order valence-corrected chi connectivity index (χ3v) is 2.91. The van der Waals surface area contributed by atoms with Crippen LogP contribution in [0.2, 0.25) is 0 Å². The van der Waals surface area contributed by atoms with Gasteiger partial charge in [0.2, 0.25) is 0 Å². The number of aryl methyl sites for hydroxylation is 2. The highest BCUT2D eigenvalue weighted by Gasteiger charge is 2.30. The first-order valence-electron chi connectivity index (χ1n) is 6.26. The fraction of sp³-hybridized carbons (Fsp3) is 0.200. The van der Waals surface area contributed by atoms with Gasteiger partial charge >= 0.3 is 6.18 Å². The van der Waals surface area contributed by atoms with Crippen molar-refractivity contribution in [2.75, 3.05) is 5.43 Å². The van der Waals surface area contributed by atoms with Gasteiger partial charge in [0.1, 0.15) is 5.82 Å². The molecule has 6 heteroatoms. The Bertz CT molecular complexity index is 646. The quantitative estimate of drug-likeness (QED) is 0.681. The first-order chi connectivity index (χ1) is 9.86. The molecule has 1 aromatic heterocycles. The zero-order valence-corrected chi connectivity index (χ0v) is 11.6. The molecule has 3 nitrogen and oxygen atoms in total. The molecule has 110 valence electrons. The van der Waals surface area contributed by atoms with Crippen LogP contribution in [0.15, 0.2) is 41.6 Å². The number of nitrogens with one attached hydrogen (secondary N) is 1. The van der Waals surface area contributed by atoms with Gasteiger partial charge in [-0.1, -0.05) is 23.8 Å². The third kappa shape index (κ3) is 4.05. The van der Waals surface area contributed by atoms with E-state index in [-0.39, 0.29) is 5.82 Å². The van der Waals surface area contributed by atoms with Crippen LogP contribution in [0.3, 0.4) is 0 Å². The number of hydrogen-bond donors (Lipinski definition) is 1. The summed E-state index contributed by atoms with van der Waals surface area (Å²) < 4.78 is 37.2. The number of benzene rings is 1. The van der Waals surface area contributed by atoms with E-state index >= 15 is 0 Å². The SMILES string of the molecule is Cc1ccc(C)c(/C=N/Nc2ccc(C(F)(F)F)cn2)c1. The van der Waals surface area contributed by atoms with E-state index in [1.54, 1.807) is 6.21 Å². The zero-order chi connectivity index (χ0) is 15.5. The molecular weight excluding hydrogens is 279 g/mol. The van der Waals surface area contributed by atoms with Crippen LogP contribution in [0.4, 0.5) is 19.0 Å².